The number of carbonyl (C=O) groups is 1. The molecule has 132 valence electrons. The molecule has 0 aliphatic carbocycles. The molecule has 0 atom stereocenters. The van der Waals surface area contributed by atoms with Crippen LogP contribution in [0.3, 0.4) is 0 Å². The van der Waals surface area contributed by atoms with E-state index in [1.54, 1.807) is 20.0 Å². The van der Waals surface area contributed by atoms with Crippen LogP contribution in [0.2, 0.25) is 0 Å². The Morgan fingerprint density at radius 1 is 1.23 bits per heavy atom. The van der Waals surface area contributed by atoms with Crippen molar-refractivity contribution in [1.82, 2.24) is 4.57 Å². The predicted molar refractivity (Wildman–Crippen MR) is 103 cm³/mol. The van der Waals surface area contributed by atoms with Gasteiger partial charge in [0.15, 0.2) is 0 Å². The molecule has 0 unspecified atom stereocenters. The summed E-state index contributed by atoms with van der Waals surface area (Å²) in [5.41, 5.74) is 2.64. The molecular weight excluding hydrogens is 326 g/mol. The van der Waals surface area contributed by atoms with Crippen LogP contribution in [-0.4, -0.2) is 22.3 Å². The van der Waals surface area contributed by atoms with E-state index in [4.69, 9.17) is 0 Å². The summed E-state index contributed by atoms with van der Waals surface area (Å²) in [6, 6.07) is 18.1. The number of hydrogen-bond acceptors (Lipinski definition) is 3. The van der Waals surface area contributed by atoms with Gasteiger partial charge in [-0.3, -0.25) is 4.57 Å². The summed E-state index contributed by atoms with van der Waals surface area (Å²) in [7, 11) is 0. The maximum absolute atomic E-state index is 11.6. The zero-order valence-corrected chi connectivity index (χ0v) is 14.9. The fourth-order valence-corrected chi connectivity index (χ4v) is 3.05. The largest absolute Gasteiger partial charge is 0.464 e. The molecule has 0 saturated carbocycles. The molecule has 3 aromatic rings. The van der Waals surface area contributed by atoms with Crippen molar-refractivity contribution in [2.75, 3.05) is 11.9 Å². The molecule has 0 aliphatic rings. The van der Waals surface area contributed by atoms with Crippen LogP contribution >= 0.6 is 0 Å². The molecule has 5 heteroatoms. The molecule has 5 nitrogen and oxygen atoms in total. The molecule has 0 amide bonds. The highest BCUT2D eigenvalue weighted by Gasteiger charge is 2.26. The highest BCUT2D eigenvalue weighted by molar-refractivity contribution is 5.94. The van der Waals surface area contributed by atoms with E-state index in [0.717, 1.165) is 24.0 Å². The van der Waals surface area contributed by atoms with Crippen molar-refractivity contribution in [2.45, 2.75) is 25.7 Å². The SMILES string of the molecule is CC(C)(C#N)c1cn(C(=O)O)c2cc(NCCc3ccccc3)ccc12. The fraction of sp³-hybridized carbons (Fsp3) is 0.238. The smallest absolute Gasteiger partial charge is 0.416 e. The first kappa shape index (κ1) is 17.6. The topological polar surface area (TPSA) is 78.0 Å². The van der Waals surface area contributed by atoms with Crippen molar-refractivity contribution >= 4 is 22.7 Å². The van der Waals surface area contributed by atoms with Gasteiger partial charge in [0.2, 0.25) is 0 Å². The van der Waals surface area contributed by atoms with Crippen LogP contribution in [0, 0.1) is 11.3 Å². The van der Waals surface area contributed by atoms with Gasteiger partial charge in [0.25, 0.3) is 0 Å². The quantitative estimate of drug-likeness (QED) is 0.706. The monoisotopic (exact) mass is 347 g/mol. The normalized spacial score (nSPS) is 11.3. The molecule has 0 saturated heterocycles. The second kappa shape index (κ2) is 6.93. The molecule has 2 aromatic carbocycles. The van der Waals surface area contributed by atoms with Crippen LogP contribution < -0.4 is 5.32 Å². The van der Waals surface area contributed by atoms with Gasteiger partial charge in [-0.25, -0.2) is 4.79 Å². The molecule has 0 aliphatic heterocycles. The highest BCUT2D eigenvalue weighted by Crippen LogP contribution is 2.33. The second-order valence-corrected chi connectivity index (χ2v) is 6.83. The number of nitrogens with zero attached hydrogens (tertiary/aromatic N) is 2. The van der Waals surface area contributed by atoms with Gasteiger partial charge in [0.1, 0.15) is 0 Å². The van der Waals surface area contributed by atoms with Gasteiger partial charge in [0, 0.05) is 23.8 Å². The Morgan fingerprint density at radius 2 is 1.96 bits per heavy atom. The minimum absolute atomic E-state index is 0.584. The van der Waals surface area contributed by atoms with Gasteiger partial charge in [-0.1, -0.05) is 36.4 Å². The van der Waals surface area contributed by atoms with Gasteiger partial charge < -0.3 is 10.4 Å². The molecule has 1 aromatic heterocycles. The Balaban J connectivity index is 1.89. The average molecular weight is 347 g/mol. The molecular formula is C21H21N3O2. The third-order valence-electron chi connectivity index (χ3n) is 4.55. The van der Waals surface area contributed by atoms with Crippen LogP contribution in [0.15, 0.2) is 54.7 Å². The third-order valence-corrected chi connectivity index (χ3v) is 4.55. The summed E-state index contributed by atoms with van der Waals surface area (Å²) in [6.45, 7) is 4.33. The van der Waals surface area contributed by atoms with E-state index in [0.29, 0.717) is 11.1 Å². The standard InChI is InChI=1S/C21H21N3O2/c1-21(2,14-22)18-13-24(20(25)26)19-12-16(8-9-17(18)19)23-11-10-15-6-4-3-5-7-15/h3-9,12-13,23H,10-11H2,1-2H3,(H,25,26). The van der Waals surface area contributed by atoms with Gasteiger partial charge in [-0.15, -0.1) is 0 Å². The Morgan fingerprint density at radius 3 is 2.62 bits per heavy atom. The highest BCUT2D eigenvalue weighted by atomic mass is 16.4. The molecule has 0 spiro atoms. The minimum Gasteiger partial charge on any atom is -0.464 e. The van der Waals surface area contributed by atoms with E-state index in [1.807, 2.05) is 36.4 Å². The second-order valence-electron chi connectivity index (χ2n) is 6.83. The number of aromatic nitrogens is 1. The molecule has 0 radical (unpaired) electrons. The summed E-state index contributed by atoms with van der Waals surface area (Å²) in [4.78, 5) is 11.6. The number of fused-ring (bicyclic) bond motifs is 1. The minimum atomic E-state index is -1.06. The zero-order valence-electron chi connectivity index (χ0n) is 14.9. The first-order valence-corrected chi connectivity index (χ1v) is 8.50. The molecule has 2 N–H and O–H groups in total. The molecule has 26 heavy (non-hydrogen) atoms. The number of anilines is 1. The summed E-state index contributed by atoms with van der Waals surface area (Å²) < 4.78 is 1.19. The molecule has 0 fully saturated rings. The number of rotatable bonds is 5. The average Bonchev–Trinajstić information content (AvgIpc) is 3.02. The first-order valence-electron chi connectivity index (χ1n) is 8.50. The Labute approximate surface area is 152 Å². The predicted octanol–water partition coefficient (Wildman–Crippen LogP) is 4.62. The van der Waals surface area contributed by atoms with Crippen molar-refractivity contribution in [1.29, 1.82) is 5.26 Å². The Bertz CT molecular complexity index is 982. The number of carboxylic acid groups (broad SMARTS) is 1. The van der Waals surface area contributed by atoms with Gasteiger partial charge in [0.05, 0.1) is 17.0 Å². The van der Waals surface area contributed by atoms with E-state index in [9.17, 15) is 15.2 Å². The number of hydrogen-bond donors (Lipinski definition) is 2. The lowest BCUT2D eigenvalue weighted by Gasteiger charge is -2.14. The van der Waals surface area contributed by atoms with Crippen LogP contribution in [-0.2, 0) is 11.8 Å². The Kier molecular flexibility index (Phi) is 4.68. The lowest BCUT2D eigenvalue weighted by Crippen LogP contribution is -2.13. The van der Waals surface area contributed by atoms with Crippen LogP contribution in [0.1, 0.15) is 25.0 Å². The lowest BCUT2D eigenvalue weighted by atomic mass is 9.86. The lowest BCUT2D eigenvalue weighted by molar-refractivity contribution is 0.197. The van der Waals surface area contributed by atoms with E-state index in [-0.39, 0.29) is 0 Å². The Hall–Kier alpha value is -3.26. The third kappa shape index (κ3) is 3.40. The maximum atomic E-state index is 11.6. The van der Waals surface area contributed by atoms with Crippen LogP contribution in [0.5, 0.6) is 0 Å². The van der Waals surface area contributed by atoms with E-state index >= 15 is 0 Å². The van der Waals surface area contributed by atoms with Gasteiger partial charge in [-0.2, -0.15) is 5.26 Å². The van der Waals surface area contributed by atoms with Gasteiger partial charge in [-0.05, 0) is 43.5 Å². The van der Waals surface area contributed by atoms with E-state index < -0.39 is 11.5 Å². The summed E-state index contributed by atoms with van der Waals surface area (Å²) in [5.74, 6) is 0. The first-order chi connectivity index (χ1) is 12.4. The summed E-state index contributed by atoms with van der Waals surface area (Å²) >= 11 is 0. The van der Waals surface area contributed by atoms with Gasteiger partial charge >= 0.3 is 6.09 Å². The molecule has 1 heterocycles. The maximum Gasteiger partial charge on any atom is 0.416 e. The van der Waals surface area contributed by atoms with Crippen molar-refractivity contribution in [3.8, 4) is 6.07 Å². The fourth-order valence-electron chi connectivity index (χ4n) is 3.05. The number of nitrogens with one attached hydrogen (secondary N) is 1. The van der Waals surface area contributed by atoms with E-state index in [1.165, 1.54) is 10.1 Å². The van der Waals surface area contributed by atoms with Crippen LogP contribution in [0.4, 0.5) is 10.5 Å². The molecule has 3 rings (SSSR count). The summed E-state index contributed by atoms with van der Waals surface area (Å²) in [6.07, 6.45) is 1.37. The van der Waals surface area contributed by atoms with Crippen molar-refractivity contribution < 1.29 is 9.90 Å². The van der Waals surface area contributed by atoms with Crippen molar-refractivity contribution in [3.05, 3.63) is 65.9 Å². The zero-order chi connectivity index (χ0) is 18.7. The van der Waals surface area contributed by atoms with Crippen molar-refractivity contribution in [3.63, 3.8) is 0 Å². The van der Waals surface area contributed by atoms with Crippen molar-refractivity contribution in [2.24, 2.45) is 0 Å². The van der Waals surface area contributed by atoms with Crippen LogP contribution in [0.25, 0.3) is 10.9 Å². The molecule has 0 bridgehead atoms. The number of benzene rings is 2. The van der Waals surface area contributed by atoms with E-state index in [2.05, 4.69) is 23.5 Å². The summed E-state index contributed by atoms with van der Waals surface area (Å²) in [5, 5.41) is 23.1. The number of nitriles is 1.